The van der Waals surface area contributed by atoms with E-state index in [-0.39, 0.29) is 29.3 Å². The Balaban J connectivity index is 0.000000173. The number of halogens is 8. The minimum Gasteiger partial charge on any atom is -0.477 e. The summed E-state index contributed by atoms with van der Waals surface area (Å²) in [6, 6.07) is 0. The Hall–Kier alpha value is -2.72. The maximum Gasteiger partial charge on any atom is 0.415 e. The van der Waals surface area contributed by atoms with Gasteiger partial charge < -0.3 is 24.8 Å². The molecule has 328 valence electrons. The number of carbonyl (C=O) groups is 4. The number of ether oxygens (including phenoxy) is 2. The van der Waals surface area contributed by atoms with Gasteiger partial charge in [0.25, 0.3) is 0 Å². The second-order valence-electron chi connectivity index (χ2n) is 20.2. The Labute approximate surface area is 331 Å². The predicted molar refractivity (Wildman–Crippen MR) is 186 cm³/mol. The fourth-order valence-corrected chi connectivity index (χ4v) is 13.8. The highest BCUT2D eigenvalue weighted by Gasteiger charge is 2.73. The highest BCUT2D eigenvalue weighted by Crippen LogP contribution is 2.62. The fourth-order valence-electron chi connectivity index (χ4n) is 13.8. The van der Waals surface area contributed by atoms with Crippen LogP contribution in [-0.4, -0.2) is 79.7 Å². The summed E-state index contributed by atoms with van der Waals surface area (Å²) < 4.78 is 118. The molecule has 0 radical (unpaired) electrons. The molecule has 58 heavy (non-hydrogen) atoms. The quantitative estimate of drug-likeness (QED) is 0.162. The second kappa shape index (κ2) is 14.2. The molecule has 12 fully saturated rings. The van der Waals surface area contributed by atoms with Gasteiger partial charge in [-0.15, -0.1) is 0 Å². The van der Waals surface area contributed by atoms with Gasteiger partial charge in [0.15, 0.2) is 0 Å². The molecular formula is C41H54F8O9. The monoisotopic (exact) mass is 842 g/mol. The van der Waals surface area contributed by atoms with Crippen LogP contribution < -0.4 is 0 Å². The molecule has 0 atom stereocenters. The number of aliphatic carboxylic acids is 2. The third kappa shape index (κ3) is 6.90. The van der Waals surface area contributed by atoms with Crippen LogP contribution in [0.2, 0.25) is 0 Å². The summed E-state index contributed by atoms with van der Waals surface area (Å²) in [5.41, 5.74) is -2.68. The van der Waals surface area contributed by atoms with Crippen LogP contribution in [0.3, 0.4) is 0 Å². The summed E-state index contributed by atoms with van der Waals surface area (Å²) in [4.78, 5) is 44.1. The standard InChI is InChI=1S/C26H34F4O4.C11H18O.C4H2F4O4/c1-23(17-5-13-3-14(7-17)8-18(23)6-13)33-21(31)25(27,28)26(29,30)22(32)34-24(2)19-9-15-4-16(11-19)12-20(24)10-15;1-11(12)9-3-7-2-8(5-9)6-10(11)4-7;5-3(6,1(9)10)4(7,8)2(11)12/h13-20H,3-12H2,1-2H3;7-10,12H,2-6H2,1H3;(H,9,10)(H,11,12). The maximum atomic E-state index is 14.9. The Kier molecular flexibility index (Phi) is 10.6. The molecule has 0 unspecified atom stereocenters. The van der Waals surface area contributed by atoms with Gasteiger partial charge >= 0.3 is 47.6 Å². The number of aliphatic hydroxyl groups is 1. The van der Waals surface area contributed by atoms with Gasteiger partial charge in [-0.2, -0.15) is 35.1 Å². The van der Waals surface area contributed by atoms with Crippen molar-refractivity contribution in [3.8, 4) is 0 Å². The maximum absolute atomic E-state index is 14.9. The van der Waals surface area contributed by atoms with Crippen LogP contribution in [0.15, 0.2) is 0 Å². The topological polar surface area (TPSA) is 147 Å². The Morgan fingerprint density at radius 3 is 0.828 bits per heavy atom. The van der Waals surface area contributed by atoms with Crippen molar-refractivity contribution in [2.24, 2.45) is 71.0 Å². The normalized spacial score (nSPS) is 44.1. The van der Waals surface area contributed by atoms with E-state index in [1.807, 2.05) is 0 Å². The van der Waals surface area contributed by atoms with Gasteiger partial charge in [-0.3, -0.25) is 0 Å². The van der Waals surface area contributed by atoms with E-state index in [4.69, 9.17) is 19.7 Å². The summed E-state index contributed by atoms with van der Waals surface area (Å²) in [6.45, 7) is 5.31. The van der Waals surface area contributed by atoms with Crippen LogP contribution >= 0.6 is 0 Å². The number of esters is 2. The van der Waals surface area contributed by atoms with Crippen molar-refractivity contribution in [2.75, 3.05) is 0 Å². The predicted octanol–water partition coefficient (Wildman–Crippen LogP) is 8.39. The van der Waals surface area contributed by atoms with Crippen molar-refractivity contribution >= 4 is 23.9 Å². The van der Waals surface area contributed by atoms with Crippen LogP contribution in [-0.2, 0) is 28.7 Å². The molecule has 12 aliphatic rings. The molecule has 0 aliphatic heterocycles. The Bertz CT molecular complexity index is 1480. The lowest BCUT2D eigenvalue weighted by atomic mass is 9.50. The molecule has 12 bridgehead atoms. The van der Waals surface area contributed by atoms with Gasteiger partial charge in [0.2, 0.25) is 0 Å². The third-order valence-electron chi connectivity index (χ3n) is 16.8. The number of carboxylic acids is 2. The lowest BCUT2D eigenvalue weighted by Gasteiger charge is -2.59. The van der Waals surface area contributed by atoms with E-state index in [9.17, 15) is 59.4 Å². The summed E-state index contributed by atoms with van der Waals surface area (Å²) >= 11 is 0. The van der Waals surface area contributed by atoms with Gasteiger partial charge in [-0.25, -0.2) is 19.2 Å². The van der Waals surface area contributed by atoms with E-state index >= 15 is 0 Å². The van der Waals surface area contributed by atoms with Crippen molar-refractivity contribution in [3.05, 3.63) is 0 Å². The smallest absolute Gasteiger partial charge is 0.415 e. The summed E-state index contributed by atoms with van der Waals surface area (Å²) in [5, 5.41) is 25.4. The first-order valence-electron chi connectivity index (χ1n) is 20.8. The molecule has 12 aliphatic carbocycles. The number of alkyl halides is 8. The van der Waals surface area contributed by atoms with Gasteiger partial charge in [0.05, 0.1) is 5.60 Å². The van der Waals surface area contributed by atoms with E-state index in [0.717, 1.165) is 76.0 Å². The fraction of sp³-hybridized carbons (Fsp3) is 0.902. The lowest BCUT2D eigenvalue weighted by Crippen LogP contribution is -2.63. The largest absolute Gasteiger partial charge is 0.477 e. The van der Waals surface area contributed by atoms with Gasteiger partial charge in [-0.1, -0.05) is 0 Å². The average Bonchev–Trinajstić information content (AvgIpc) is 3.11. The number of hydrogen-bond donors (Lipinski definition) is 3. The average molecular weight is 843 g/mol. The molecule has 0 aromatic carbocycles. The first kappa shape index (κ1) is 43.4. The molecule has 0 aromatic heterocycles. The van der Waals surface area contributed by atoms with Gasteiger partial charge in [0.1, 0.15) is 11.2 Å². The number of rotatable bonds is 8. The summed E-state index contributed by atoms with van der Waals surface area (Å²) in [5.74, 6) is -27.9. The van der Waals surface area contributed by atoms with Crippen molar-refractivity contribution < 1.29 is 79.1 Å². The van der Waals surface area contributed by atoms with Crippen molar-refractivity contribution in [1.82, 2.24) is 0 Å². The number of carboxylic acid groups (broad SMARTS) is 2. The van der Waals surface area contributed by atoms with Gasteiger partial charge in [0, 0.05) is 0 Å². The molecule has 0 spiro atoms. The second-order valence-corrected chi connectivity index (χ2v) is 20.2. The van der Waals surface area contributed by atoms with Crippen LogP contribution in [0.1, 0.15) is 117 Å². The first-order valence-corrected chi connectivity index (χ1v) is 20.8. The zero-order valence-corrected chi connectivity index (χ0v) is 32.8. The van der Waals surface area contributed by atoms with E-state index in [0.29, 0.717) is 35.5 Å². The zero-order chi connectivity index (χ0) is 42.8. The molecule has 0 aromatic rings. The summed E-state index contributed by atoms with van der Waals surface area (Å²) in [6.07, 6.45) is 15.1. The van der Waals surface area contributed by atoms with Gasteiger partial charge in [-0.05, 0) is 188 Å². The third-order valence-corrected chi connectivity index (χ3v) is 16.8. The zero-order valence-electron chi connectivity index (χ0n) is 32.8. The van der Waals surface area contributed by atoms with E-state index in [2.05, 4.69) is 6.92 Å². The minimum absolute atomic E-state index is 0.101. The lowest BCUT2D eigenvalue weighted by molar-refractivity contribution is -0.269. The van der Waals surface area contributed by atoms with Crippen LogP contribution in [0.5, 0.6) is 0 Å². The van der Waals surface area contributed by atoms with Crippen LogP contribution in [0, 0.1) is 71.0 Å². The molecule has 9 nitrogen and oxygen atoms in total. The Morgan fingerprint density at radius 2 is 0.621 bits per heavy atom. The van der Waals surface area contributed by atoms with Crippen LogP contribution in [0.4, 0.5) is 35.1 Å². The number of hydrogen-bond acceptors (Lipinski definition) is 7. The molecule has 0 amide bonds. The molecule has 17 heteroatoms. The van der Waals surface area contributed by atoms with E-state index in [1.165, 1.54) is 32.1 Å². The number of carbonyl (C=O) groups excluding carboxylic acids is 2. The summed E-state index contributed by atoms with van der Waals surface area (Å²) in [7, 11) is 0. The molecular weight excluding hydrogens is 788 g/mol. The molecule has 12 saturated carbocycles. The van der Waals surface area contributed by atoms with E-state index in [1.54, 1.807) is 13.8 Å². The first-order chi connectivity index (χ1) is 26.6. The highest BCUT2D eigenvalue weighted by molar-refractivity contribution is 5.90. The minimum atomic E-state index is -5.60. The molecule has 3 N–H and O–H groups in total. The SMILES string of the molecule is CC1(O)C2CC3CC(C2)CC1C3.CC1(OC(=O)C(F)(F)C(F)(F)C(=O)OC2(C)C3CC4CC(C3)CC2C4)C2CC3CC(C2)CC1C3.O=C(O)C(F)(F)C(F)(F)C(=O)O. The Morgan fingerprint density at radius 1 is 0.414 bits per heavy atom. The molecule has 0 heterocycles. The van der Waals surface area contributed by atoms with Crippen molar-refractivity contribution in [3.63, 3.8) is 0 Å². The molecule has 12 rings (SSSR count). The van der Waals surface area contributed by atoms with Crippen molar-refractivity contribution in [2.45, 2.75) is 158 Å². The van der Waals surface area contributed by atoms with Crippen molar-refractivity contribution in [1.29, 1.82) is 0 Å². The highest BCUT2D eigenvalue weighted by atomic mass is 19.3. The van der Waals surface area contributed by atoms with Crippen LogP contribution in [0.25, 0.3) is 0 Å². The van der Waals surface area contributed by atoms with E-state index < -0.39 is 58.8 Å². The molecule has 0 saturated heterocycles.